The maximum Gasteiger partial charge on any atom is 0.273 e. The lowest BCUT2D eigenvalue weighted by Gasteiger charge is -2.23. The second-order valence-electron chi connectivity index (χ2n) is 6.65. The van der Waals surface area contributed by atoms with Gasteiger partial charge in [0.1, 0.15) is 5.82 Å². The number of hydrogen-bond donors (Lipinski definition) is 2. The predicted molar refractivity (Wildman–Crippen MR) is 100 cm³/mol. The molecule has 1 atom stereocenters. The lowest BCUT2D eigenvalue weighted by atomic mass is 10.1. The van der Waals surface area contributed by atoms with E-state index in [4.69, 9.17) is 0 Å². The van der Waals surface area contributed by atoms with Crippen molar-refractivity contribution < 1.29 is 9.18 Å². The highest BCUT2D eigenvalue weighted by Crippen LogP contribution is 2.20. The number of benzene rings is 1. The number of halogens is 2. The number of nitrogens with one attached hydrogen (secondary N) is 2. The number of carbonyl (C=O) groups is 1. The van der Waals surface area contributed by atoms with Gasteiger partial charge in [0.05, 0.1) is 11.7 Å². The van der Waals surface area contributed by atoms with E-state index in [0.29, 0.717) is 18.2 Å². The van der Waals surface area contributed by atoms with E-state index in [2.05, 4.69) is 20.9 Å². The van der Waals surface area contributed by atoms with E-state index in [-0.39, 0.29) is 30.2 Å². The summed E-state index contributed by atoms with van der Waals surface area (Å²) in [6, 6.07) is 6.54. The van der Waals surface area contributed by atoms with Gasteiger partial charge in [-0.1, -0.05) is 17.3 Å². The average molecular weight is 382 g/mol. The Morgan fingerprint density at radius 1 is 1.35 bits per heavy atom. The molecule has 1 amide bonds. The number of carbonyl (C=O) groups excluding carboxylic acids is 1. The minimum Gasteiger partial charge on any atom is -0.348 e. The highest BCUT2D eigenvalue weighted by Gasteiger charge is 2.23. The third-order valence-corrected chi connectivity index (χ3v) is 4.63. The smallest absolute Gasteiger partial charge is 0.273 e. The van der Waals surface area contributed by atoms with Gasteiger partial charge in [0.2, 0.25) is 0 Å². The van der Waals surface area contributed by atoms with E-state index < -0.39 is 0 Å². The highest BCUT2D eigenvalue weighted by molar-refractivity contribution is 5.93. The van der Waals surface area contributed by atoms with Crippen LogP contribution in [-0.4, -0.2) is 40.0 Å². The lowest BCUT2D eigenvalue weighted by Crippen LogP contribution is -2.35. The maximum atomic E-state index is 13.0. The van der Waals surface area contributed by atoms with Gasteiger partial charge in [-0.05, 0) is 63.9 Å². The summed E-state index contributed by atoms with van der Waals surface area (Å²) < 4.78 is 14.8. The van der Waals surface area contributed by atoms with Crippen LogP contribution in [0.15, 0.2) is 24.3 Å². The standard InChI is InChI=1S/C18H24FN5O.ClH/c1-12(11-14-3-5-15(19)6-4-14)21-18(25)17-13(2)24(23-22-17)16-7-9-20-10-8-16;/h3-6,12,16,20H,7-11H2,1-2H3,(H,21,25);1H. The fraction of sp³-hybridized carbons (Fsp3) is 0.500. The molecule has 2 heterocycles. The van der Waals surface area contributed by atoms with E-state index in [1.54, 1.807) is 12.1 Å². The number of rotatable bonds is 5. The first-order valence-corrected chi connectivity index (χ1v) is 8.72. The van der Waals surface area contributed by atoms with Crippen LogP contribution in [0, 0.1) is 12.7 Å². The van der Waals surface area contributed by atoms with Crippen molar-refractivity contribution >= 4 is 18.3 Å². The zero-order valence-corrected chi connectivity index (χ0v) is 15.9. The van der Waals surface area contributed by atoms with Crippen LogP contribution in [-0.2, 0) is 6.42 Å². The molecule has 142 valence electrons. The number of piperidine rings is 1. The van der Waals surface area contributed by atoms with E-state index in [0.717, 1.165) is 37.2 Å². The molecule has 1 fully saturated rings. The lowest BCUT2D eigenvalue weighted by molar-refractivity contribution is 0.0934. The summed E-state index contributed by atoms with van der Waals surface area (Å²) in [5.74, 6) is -0.474. The number of nitrogens with zero attached hydrogens (tertiary/aromatic N) is 3. The zero-order chi connectivity index (χ0) is 17.8. The molecule has 0 aliphatic carbocycles. The van der Waals surface area contributed by atoms with Crippen LogP contribution in [0.4, 0.5) is 4.39 Å². The van der Waals surface area contributed by atoms with Gasteiger partial charge in [0.15, 0.2) is 5.69 Å². The topological polar surface area (TPSA) is 71.8 Å². The maximum absolute atomic E-state index is 13.0. The third kappa shape index (κ3) is 4.80. The Bertz CT molecular complexity index is 728. The third-order valence-electron chi connectivity index (χ3n) is 4.63. The van der Waals surface area contributed by atoms with Gasteiger partial charge in [-0.3, -0.25) is 4.79 Å². The molecule has 3 rings (SSSR count). The summed E-state index contributed by atoms with van der Waals surface area (Å²) in [7, 11) is 0. The van der Waals surface area contributed by atoms with Gasteiger partial charge in [0.25, 0.3) is 5.91 Å². The first kappa shape index (κ1) is 20.3. The van der Waals surface area contributed by atoms with Crippen molar-refractivity contribution in [3.05, 3.63) is 47.0 Å². The van der Waals surface area contributed by atoms with Gasteiger partial charge in [-0.15, -0.1) is 17.5 Å². The molecule has 1 saturated heterocycles. The normalized spacial score (nSPS) is 16.0. The Balaban J connectivity index is 0.00000243. The zero-order valence-electron chi connectivity index (χ0n) is 15.0. The summed E-state index contributed by atoms with van der Waals surface area (Å²) in [4.78, 5) is 12.5. The van der Waals surface area contributed by atoms with Crippen LogP contribution < -0.4 is 10.6 Å². The summed E-state index contributed by atoms with van der Waals surface area (Å²) in [6.07, 6.45) is 2.62. The second-order valence-corrected chi connectivity index (χ2v) is 6.65. The molecule has 1 aliphatic heterocycles. The van der Waals surface area contributed by atoms with Crippen LogP contribution in [0.5, 0.6) is 0 Å². The van der Waals surface area contributed by atoms with Crippen LogP contribution in [0.2, 0.25) is 0 Å². The van der Waals surface area contributed by atoms with Gasteiger partial charge in [0, 0.05) is 6.04 Å². The molecule has 1 aliphatic rings. The van der Waals surface area contributed by atoms with Crippen molar-refractivity contribution in [2.45, 2.75) is 45.2 Å². The second kappa shape index (κ2) is 9.09. The molecule has 1 unspecified atom stereocenters. The van der Waals surface area contributed by atoms with Crippen molar-refractivity contribution in [2.24, 2.45) is 0 Å². The molecule has 1 aromatic carbocycles. The minimum atomic E-state index is -0.259. The van der Waals surface area contributed by atoms with Crippen LogP contribution >= 0.6 is 12.4 Å². The molecule has 26 heavy (non-hydrogen) atoms. The molecule has 0 radical (unpaired) electrons. The van der Waals surface area contributed by atoms with Crippen molar-refractivity contribution in [3.8, 4) is 0 Å². The molecule has 8 heteroatoms. The monoisotopic (exact) mass is 381 g/mol. The molecule has 1 aromatic heterocycles. The summed E-state index contributed by atoms with van der Waals surface area (Å²) in [5, 5.41) is 14.6. The fourth-order valence-corrected chi connectivity index (χ4v) is 3.27. The molecule has 0 saturated carbocycles. The van der Waals surface area contributed by atoms with Gasteiger partial charge in [-0.2, -0.15) is 0 Å². The van der Waals surface area contributed by atoms with Gasteiger partial charge in [-0.25, -0.2) is 9.07 Å². The van der Waals surface area contributed by atoms with E-state index in [9.17, 15) is 9.18 Å². The number of amides is 1. The Labute approximate surface area is 159 Å². The van der Waals surface area contributed by atoms with Crippen LogP contribution in [0.25, 0.3) is 0 Å². The quantitative estimate of drug-likeness (QED) is 0.834. The summed E-state index contributed by atoms with van der Waals surface area (Å²) >= 11 is 0. The van der Waals surface area contributed by atoms with Crippen LogP contribution in [0.3, 0.4) is 0 Å². The van der Waals surface area contributed by atoms with Crippen molar-refractivity contribution in [2.75, 3.05) is 13.1 Å². The van der Waals surface area contributed by atoms with E-state index in [1.807, 2.05) is 18.5 Å². The Kier molecular flexibility index (Phi) is 7.11. The Morgan fingerprint density at radius 2 is 2.00 bits per heavy atom. The Morgan fingerprint density at radius 3 is 2.65 bits per heavy atom. The largest absolute Gasteiger partial charge is 0.348 e. The van der Waals surface area contributed by atoms with Crippen molar-refractivity contribution in [3.63, 3.8) is 0 Å². The summed E-state index contributed by atoms with van der Waals surface area (Å²) in [6.45, 7) is 5.73. The van der Waals surface area contributed by atoms with E-state index >= 15 is 0 Å². The SMILES string of the molecule is Cc1c(C(=O)NC(C)Cc2ccc(F)cc2)nnn1C1CCNCC1.Cl. The molecule has 0 bridgehead atoms. The highest BCUT2D eigenvalue weighted by atomic mass is 35.5. The first-order valence-electron chi connectivity index (χ1n) is 8.72. The molecule has 2 aromatic rings. The van der Waals surface area contributed by atoms with E-state index in [1.165, 1.54) is 12.1 Å². The molecule has 2 N–H and O–H groups in total. The number of hydrogen-bond acceptors (Lipinski definition) is 4. The van der Waals surface area contributed by atoms with Gasteiger partial charge >= 0.3 is 0 Å². The van der Waals surface area contributed by atoms with Crippen molar-refractivity contribution in [1.29, 1.82) is 0 Å². The molecular formula is C18H25ClFN5O. The number of aromatic nitrogens is 3. The minimum absolute atomic E-state index is 0. The Hall–Kier alpha value is -1.99. The van der Waals surface area contributed by atoms with Gasteiger partial charge < -0.3 is 10.6 Å². The fourth-order valence-electron chi connectivity index (χ4n) is 3.27. The molecule has 0 spiro atoms. The molecular weight excluding hydrogens is 357 g/mol. The van der Waals surface area contributed by atoms with Crippen molar-refractivity contribution in [1.82, 2.24) is 25.6 Å². The first-order chi connectivity index (χ1) is 12.0. The van der Waals surface area contributed by atoms with Crippen LogP contribution in [0.1, 0.15) is 47.6 Å². The average Bonchev–Trinajstić information content (AvgIpc) is 2.99. The predicted octanol–water partition coefficient (Wildman–Crippen LogP) is 2.43. The summed E-state index contributed by atoms with van der Waals surface area (Å²) in [5.41, 5.74) is 2.16. The molecule has 6 nitrogen and oxygen atoms in total.